The molecule has 0 aliphatic carbocycles. The molecule has 0 aliphatic heterocycles. The Kier molecular flexibility index (Phi) is 23.3. The molecule has 0 radical (unpaired) electrons. The lowest BCUT2D eigenvalue weighted by Crippen LogP contribution is -2.25. The molecular formula is C31H56O6. The van der Waals surface area contributed by atoms with Crippen LogP contribution in [0.3, 0.4) is 0 Å². The van der Waals surface area contributed by atoms with Gasteiger partial charge in [0.15, 0.2) is 0 Å². The van der Waals surface area contributed by atoms with Gasteiger partial charge >= 0.3 is 17.9 Å². The molecule has 0 fully saturated rings. The van der Waals surface area contributed by atoms with Gasteiger partial charge in [-0.3, -0.25) is 14.4 Å². The summed E-state index contributed by atoms with van der Waals surface area (Å²) in [5, 5.41) is 0. The maximum absolute atomic E-state index is 12.9. The van der Waals surface area contributed by atoms with E-state index in [0.717, 1.165) is 83.5 Å². The lowest BCUT2D eigenvalue weighted by molar-refractivity contribution is -0.156. The van der Waals surface area contributed by atoms with E-state index in [2.05, 4.69) is 38.5 Å². The van der Waals surface area contributed by atoms with Crippen LogP contribution >= 0.6 is 0 Å². The molecule has 0 aromatic carbocycles. The zero-order valence-corrected chi connectivity index (χ0v) is 24.6. The maximum atomic E-state index is 12.9. The zero-order chi connectivity index (χ0) is 27.7. The van der Waals surface area contributed by atoms with Crippen LogP contribution in [0.2, 0.25) is 0 Å². The lowest BCUT2D eigenvalue weighted by Gasteiger charge is -2.19. The number of carbonyl (C=O) groups is 3. The summed E-state index contributed by atoms with van der Waals surface area (Å²) < 4.78 is 15.9. The van der Waals surface area contributed by atoms with E-state index in [0.29, 0.717) is 37.9 Å². The fraction of sp³-hybridized carbons (Fsp3) is 0.839. The highest BCUT2D eigenvalue weighted by molar-refractivity contribution is 5.80. The van der Waals surface area contributed by atoms with Crippen molar-refractivity contribution in [2.45, 2.75) is 130 Å². The first kappa shape index (κ1) is 35.2. The van der Waals surface area contributed by atoms with Gasteiger partial charge in [0.1, 0.15) is 0 Å². The van der Waals surface area contributed by atoms with Crippen molar-refractivity contribution in [1.29, 1.82) is 0 Å². The van der Waals surface area contributed by atoms with Crippen LogP contribution in [-0.4, -0.2) is 38.2 Å². The van der Waals surface area contributed by atoms with Crippen molar-refractivity contribution in [1.82, 2.24) is 0 Å². The predicted octanol–water partition coefficient (Wildman–Crippen LogP) is 7.97. The summed E-state index contributed by atoms with van der Waals surface area (Å²) in [6.45, 7) is 9.44. The Morgan fingerprint density at radius 3 is 1.86 bits per heavy atom. The third kappa shape index (κ3) is 19.9. The van der Waals surface area contributed by atoms with Gasteiger partial charge < -0.3 is 14.2 Å². The Labute approximate surface area is 227 Å². The number of rotatable bonds is 24. The second-order valence-electron chi connectivity index (χ2n) is 10.3. The molecule has 37 heavy (non-hydrogen) atoms. The monoisotopic (exact) mass is 524 g/mol. The molecule has 0 heterocycles. The number of allylic oxidation sites excluding steroid dienone is 2. The van der Waals surface area contributed by atoms with Gasteiger partial charge in [0.2, 0.25) is 0 Å². The largest absolute Gasteiger partial charge is 0.469 e. The van der Waals surface area contributed by atoms with Crippen LogP contribution < -0.4 is 0 Å². The van der Waals surface area contributed by atoms with E-state index in [9.17, 15) is 14.4 Å². The molecule has 0 rings (SSSR count). The van der Waals surface area contributed by atoms with Gasteiger partial charge in [-0.1, -0.05) is 91.2 Å². The third-order valence-corrected chi connectivity index (χ3v) is 7.09. The fourth-order valence-electron chi connectivity index (χ4n) is 4.21. The third-order valence-electron chi connectivity index (χ3n) is 7.09. The Morgan fingerprint density at radius 1 is 0.703 bits per heavy atom. The molecule has 0 aliphatic rings. The molecule has 0 aromatic rings. The minimum atomic E-state index is -0.511. The van der Waals surface area contributed by atoms with Crippen LogP contribution in [0.5, 0.6) is 0 Å². The standard InChI is InChI=1S/C31H56O6/c1-6-10-19-26(8-3)24-36-30(33)23-28(31(34)37-25-27(9-4)20-11-7-2)21-17-15-13-12-14-16-18-22-29(32)35-5/h15,17,26-28H,6-14,16,18-25H2,1-5H3/b17-15+. The average Bonchev–Trinajstić information content (AvgIpc) is 2.91. The summed E-state index contributed by atoms with van der Waals surface area (Å²) in [5.41, 5.74) is 0. The summed E-state index contributed by atoms with van der Waals surface area (Å²) in [4.78, 5) is 36.7. The number of methoxy groups -OCH3 is 1. The van der Waals surface area contributed by atoms with Crippen LogP contribution in [0.25, 0.3) is 0 Å². The molecule has 6 nitrogen and oxygen atoms in total. The number of ether oxygens (including phenoxy) is 3. The molecular weight excluding hydrogens is 468 g/mol. The fourth-order valence-corrected chi connectivity index (χ4v) is 4.21. The molecule has 3 atom stereocenters. The summed E-state index contributed by atoms with van der Waals surface area (Å²) in [5.74, 6) is -0.520. The van der Waals surface area contributed by atoms with E-state index in [1.807, 2.05) is 6.08 Å². The van der Waals surface area contributed by atoms with E-state index in [-0.39, 0.29) is 24.3 Å². The van der Waals surface area contributed by atoms with E-state index in [1.54, 1.807) is 0 Å². The Morgan fingerprint density at radius 2 is 1.30 bits per heavy atom. The SMILES string of the molecule is CCCCC(CC)COC(=O)CC(C/C=C/CCCCCCC(=O)OC)C(=O)OCC(CC)CCCC. The van der Waals surface area contributed by atoms with Crippen LogP contribution in [0.1, 0.15) is 130 Å². The van der Waals surface area contributed by atoms with Gasteiger partial charge in [-0.2, -0.15) is 0 Å². The number of hydrogen-bond donors (Lipinski definition) is 0. The molecule has 0 saturated carbocycles. The number of carbonyl (C=O) groups excluding carboxylic acids is 3. The van der Waals surface area contributed by atoms with Gasteiger partial charge in [0.05, 0.1) is 32.7 Å². The lowest BCUT2D eigenvalue weighted by atomic mass is 9.99. The van der Waals surface area contributed by atoms with Crippen molar-refractivity contribution in [3.05, 3.63) is 12.2 Å². The first-order chi connectivity index (χ1) is 17.9. The minimum absolute atomic E-state index is 0.0622. The first-order valence-electron chi connectivity index (χ1n) is 15.0. The van der Waals surface area contributed by atoms with E-state index < -0.39 is 5.92 Å². The van der Waals surface area contributed by atoms with E-state index >= 15 is 0 Å². The molecule has 3 unspecified atom stereocenters. The van der Waals surface area contributed by atoms with Crippen molar-refractivity contribution in [2.75, 3.05) is 20.3 Å². The van der Waals surface area contributed by atoms with Crippen LogP contribution in [0.4, 0.5) is 0 Å². The molecule has 0 spiro atoms. The second-order valence-corrected chi connectivity index (χ2v) is 10.3. The molecule has 0 N–H and O–H groups in total. The normalized spacial score (nSPS) is 13.8. The predicted molar refractivity (Wildman–Crippen MR) is 150 cm³/mol. The van der Waals surface area contributed by atoms with Gasteiger partial charge in [-0.25, -0.2) is 0 Å². The van der Waals surface area contributed by atoms with E-state index in [1.165, 1.54) is 7.11 Å². The molecule has 6 heteroatoms. The van der Waals surface area contributed by atoms with Gasteiger partial charge in [0, 0.05) is 6.42 Å². The van der Waals surface area contributed by atoms with Crippen molar-refractivity contribution in [2.24, 2.45) is 17.8 Å². The smallest absolute Gasteiger partial charge is 0.309 e. The highest BCUT2D eigenvalue weighted by atomic mass is 16.5. The topological polar surface area (TPSA) is 78.9 Å². The minimum Gasteiger partial charge on any atom is -0.469 e. The van der Waals surface area contributed by atoms with Gasteiger partial charge in [-0.05, 0) is 50.4 Å². The van der Waals surface area contributed by atoms with Crippen LogP contribution in [0.15, 0.2) is 12.2 Å². The summed E-state index contributed by atoms with van der Waals surface area (Å²) in [7, 11) is 1.42. The van der Waals surface area contributed by atoms with Gasteiger partial charge in [0.25, 0.3) is 0 Å². The van der Waals surface area contributed by atoms with Gasteiger partial charge in [-0.15, -0.1) is 0 Å². The number of hydrogen-bond acceptors (Lipinski definition) is 6. The summed E-state index contributed by atoms with van der Waals surface area (Å²) in [6.07, 6.45) is 18.6. The quantitative estimate of drug-likeness (QED) is 0.0551. The van der Waals surface area contributed by atoms with Crippen LogP contribution in [-0.2, 0) is 28.6 Å². The summed E-state index contributed by atoms with van der Waals surface area (Å²) in [6, 6.07) is 0. The van der Waals surface area contributed by atoms with Crippen molar-refractivity contribution in [3.8, 4) is 0 Å². The molecule has 216 valence electrons. The number of esters is 3. The maximum Gasteiger partial charge on any atom is 0.309 e. The van der Waals surface area contributed by atoms with Crippen molar-refractivity contribution in [3.63, 3.8) is 0 Å². The highest BCUT2D eigenvalue weighted by Gasteiger charge is 2.24. The highest BCUT2D eigenvalue weighted by Crippen LogP contribution is 2.19. The first-order valence-corrected chi connectivity index (χ1v) is 15.0. The second kappa shape index (κ2) is 24.5. The number of unbranched alkanes of at least 4 members (excludes halogenated alkanes) is 6. The Balaban J connectivity index is 4.73. The van der Waals surface area contributed by atoms with E-state index in [4.69, 9.17) is 9.47 Å². The zero-order valence-electron chi connectivity index (χ0n) is 24.6. The molecule has 0 saturated heterocycles. The Bertz CT molecular complexity index is 615. The Hall–Kier alpha value is -1.85. The molecule has 0 aromatic heterocycles. The average molecular weight is 525 g/mol. The summed E-state index contributed by atoms with van der Waals surface area (Å²) >= 11 is 0. The van der Waals surface area contributed by atoms with Crippen molar-refractivity contribution >= 4 is 17.9 Å². The molecule has 0 bridgehead atoms. The van der Waals surface area contributed by atoms with Crippen molar-refractivity contribution < 1.29 is 28.6 Å². The van der Waals surface area contributed by atoms with Crippen LogP contribution in [0, 0.1) is 17.8 Å². The molecule has 0 amide bonds.